The molecule has 0 saturated heterocycles. The van der Waals surface area contributed by atoms with Crippen LogP contribution in [0.2, 0.25) is 5.02 Å². The second-order valence-corrected chi connectivity index (χ2v) is 7.82. The molecule has 0 atom stereocenters. The number of anilines is 1. The number of aryl methyl sites for hydroxylation is 1. The lowest BCUT2D eigenvalue weighted by Crippen LogP contribution is -2.38. The topological polar surface area (TPSA) is 74.6 Å². The molecule has 3 heterocycles. The number of hydrogen-bond donors (Lipinski definition) is 2. The largest absolute Gasteiger partial charge is 0.312 e. The van der Waals surface area contributed by atoms with Gasteiger partial charge < -0.3 is 0 Å². The standard InChI is InChI=1S/C25H18ClN5O/c1-16-14-24(31(30-16)23-8-4-5-13-27-23)29-25(32)20-15-22(17-9-11-18(26)12-10-17)28-21-7-3-2-6-19(20)21/h2-15H,1H3,(H,29,30,32)/p+1. The van der Waals surface area contributed by atoms with E-state index in [0.717, 1.165) is 22.2 Å². The molecular weight excluding hydrogens is 422 g/mol. The Hall–Kier alpha value is -4.03. The van der Waals surface area contributed by atoms with Crippen LogP contribution < -0.4 is 10.00 Å². The van der Waals surface area contributed by atoms with Gasteiger partial charge in [-0.25, -0.2) is 15.4 Å². The average molecular weight is 441 g/mol. The van der Waals surface area contributed by atoms with Crippen LogP contribution in [-0.4, -0.2) is 21.0 Å². The molecule has 2 aromatic carbocycles. The first-order chi connectivity index (χ1) is 15.6. The van der Waals surface area contributed by atoms with Crippen LogP contribution >= 0.6 is 11.6 Å². The molecule has 3 aromatic heterocycles. The molecule has 7 heteroatoms. The predicted octanol–water partition coefficient (Wildman–Crippen LogP) is 5.12. The number of rotatable bonds is 4. The maximum Gasteiger partial charge on any atom is 0.312 e. The van der Waals surface area contributed by atoms with Gasteiger partial charge in [-0.2, -0.15) is 0 Å². The Balaban J connectivity index is 1.58. The third-order valence-electron chi connectivity index (χ3n) is 5.10. The van der Waals surface area contributed by atoms with Gasteiger partial charge in [-0.15, -0.1) is 9.67 Å². The van der Waals surface area contributed by atoms with Crippen molar-refractivity contribution in [2.45, 2.75) is 6.92 Å². The number of fused-ring (bicyclic) bond motifs is 1. The molecular formula is C25H19ClN5O+. The van der Waals surface area contributed by atoms with Gasteiger partial charge in [0.15, 0.2) is 0 Å². The van der Waals surface area contributed by atoms with E-state index in [1.54, 1.807) is 10.9 Å². The van der Waals surface area contributed by atoms with Crippen molar-refractivity contribution in [3.05, 3.63) is 101 Å². The number of pyridine rings is 2. The summed E-state index contributed by atoms with van der Waals surface area (Å²) in [5, 5.41) is 7.67. The van der Waals surface area contributed by atoms with Gasteiger partial charge in [0.05, 0.1) is 16.8 Å². The van der Waals surface area contributed by atoms with E-state index in [1.807, 2.05) is 85.8 Å². The number of aromatic amines is 1. The highest BCUT2D eigenvalue weighted by atomic mass is 35.5. The number of aromatic nitrogens is 4. The molecule has 6 nitrogen and oxygen atoms in total. The summed E-state index contributed by atoms with van der Waals surface area (Å²) in [6, 6.07) is 24.3. The van der Waals surface area contributed by atoms with E-state index in [2.05, 4.69) is 15.4 Å². The highest BCUT2D eigenvalue weighted by Gasteiger charge is 2.21. The van der Waals surface area contributed by atoms with Crippen LogP contribution in [0.15, 0.2) is 85.1 Å². The van der Waals surface area contributed by atoms with Crippen LogP contribution in [0.1, 0.15) is 16.1 Å². The summed E-state index contributed by atoms with van der Waals surface area (Å²) in [6.07, 6.45) is 1.71. The zero-order valence-electron chi connectivity index (χ0n) is 17.2. The molecule has 0 radical (unpaired) electrons. The Labute approximate surface area is 189 Å². The molecule has 2 N–H and O–H groups in total. The SMILES string of the molecule is Cc1cc(NC(=O)c2cc(-c3ccc(Cl)cc3)nc3ccccc23)[n+](-c2ccccn2)[nH]1. The summed E-state index contributed by atoms with van der Waals surface area (Å²) in [5.41, 5.74) is 3.76. The van der Waals surface area contributed by atoms with Crippen molar-refractivity contribution in [1.29, 1.82) is 0 Å². The van der Waals surface area contributed by atoms with Gasteiger partial charge in [-0.3, -0.25) is 4.79 Å². The van der Waals surface area contributed by atoms with Gasteiger partial charge in [0, 0.05) is 33.8 Å². The van der Waals surface area contributed by atoms with Crippen LogP contribution in [0.4, 0.5) is 5.82 Å². The summed E-state index contributed by atoms with van der Waals surface area (Å²) in [5.74, 6) is 1.04. The highest BCUT2D eigenvalue weighted by molar-refractivity contribution is 6.30. The van der Waals surface area contributed by atoms with Crippen LogP contribution in [0.5, 0.6) is 0 Å². The number of nitrogens with zero attached hydrogens (tertiary/aromatic N) is 3. The lowest BCUT2D eigenvalue weighted by Gasteiger charge is -2.09. The number of hydrogen-bond acceptors (Lipinski definition) is 3. The quantitative estimate of drug-likeness (QED) is 0.381. The minimum atomic E-state index is -0.234. The van der Waals surface area contributed by atoms with Crippen LogP contribution in [0, 0.1) is 6.92 Å². The molecule has 5 rings (SSSR count). The van der Waals surface area contributed by atoms with Crippen molar-refractivity contribution in [2.24, 2.45) is 0 Å². The number of para-hydroxylation sites is 1. The fourth-order valence-electron chi connectivity index (χ4n) is 3.61. The van der Waals surface area contributed by atoms with E-state index in [0.29, 0.717) is 27.9 Å². The third-order valence-corrected chi connectivity index (χ3v) is 5.36. The lowest BCUT2D eigenvalue weighted by molar-refractivity contribution is -0.645. The van der Waals surface area contributed by atoms with Gasteiger partial charge in [0.2, 0.25) is 0 Å². The van der Waals surface area contributed by atoms with E-state index in [-0.39, 0.29) is 5.91 Å². The molecule has 0 spiro atoms. The molecule has 0 fully saturated rings. The lowest BCUT2D eigenvalue weighted by atomic mass is 10.0. The molecule has 0 aliphatic heterocycles. The van der Waals surface area contributed by atoms with Gasteiger partial charge in [-0.05, 0) is 37.3 Å². The molecule has 1 amide bonds. The zero-order chi connectivity index (χ0) is 22.1. The number of halogens is 1. The second kappa shape index (κ2) is 8.24. The summed E-state index contributed by atoms with van der Waals surface area (Å²) < 4.78 is 1.75. The van der Waals surface area contributed by atoms with E-state index >= 15 is 0 Å². The first-order valence-corrected chi connectivity index (χ1v) is 10.5. The van der Waals surface area contributed by atoms with Crippen LogP contribution in [0.3, 0.4) is 0 Å². The molecule has 0 unspecified atom stereocenters. The van der Waals surface area contributed by atoms with Crippen molar-refractivity contribution < 1.29 is 9.48 Å². The summed E-state index contributed by atoms with van der Waals surface area (Å²) in [4.78, 5) is 22.6. The van der Waals surface area contributed by atoms with Crippen molar-refractivity contribution in [3.8, 4) is 17.1 Å². The number of carbonyl (C=O) groups excluding carboxylic acids is 1. The molecule has 0 aliphatic carbocycles. The Kier molecular flexibility index (Phi) is 5.13. The second-order valence-electron chi connectivity index (χ2n) is 7.38. The van der Waals surface area contributed by atoms with Crippen molar-refractivity contribution in [3.63, 3.8) is 0 Å². The van der Waals surface area contributed by atoms with Crippen molar-refractivity contribution >= 4 is 34.2 Å². The molecule has 0 bridgehead atoms. The van der Waals surface area contributed by atoms with E-state index in [4.69, 9.17) is 16.6 Å². The van der Waals surface area contributed by atoms with Crippen molar-refractivity contribution in [2.75, 3.05) is 5.32 Å². The summed E-state index contributed by atoms with van der Waals surface area (Å²) in [6.45, 7) is 1.93. The highest BCUT2D eigenvalue weighted by Crippen LogP contribution is 2.26. The number of amides is 1. The predicted molar refractivity (Wildman–Crippen MR) is 125 cm³/mol. The number of carbonyl (C=O) groups is 1. The van der Waals surface area contributed by atoms with Gasteiger partial charge in [-0.1, -0.05) is 48.0 Å². The Morgan fingerprint density at radius 3 is 2.56 bits per heavy atom. The maximum absolute atomic E-state index is 13.5. The summed E-state index contributed by atoms with van der Waals surface area (Å²) >= 11 is 6.04. The smallest absolute Gasteiger partial charge is 0.250 e. The first kappa shape index (κ1) is 19.9. The zero-order valence-corrected chi connectivity index (χ0v) is 18.0. The monoisotopic (exact) mass is 440 g/mol. The van der Waals surface area contributed by atoms with Crippen molar-refractivity contribution in [1.82, 2.24) is 15.1 Å². The minimum absolute atomic E-state index is 0.234. The molecule has 32 heavy (non-hydrogen) atoms. The average Bonchev–Trinajstić information content (AvgIpc) is 3.19. The molecule has 5 aromatic rings. The Morgan fingerprint density at radius 2 is 1.78 bits per heavy atom. The Bertz CT molecular complexity index is 1430. The maximum atomic E-state index is 13.5. The summed E-state index contributed by atoms with van der Waals surface area (Å²) in [7, 11) is 0. The van der Waals surface area contributed by atoms with Gasteiger partial charge in [0.25, 0.3) is 11.6 Å². The molecule has 0 aliphatic rings. The van der Waals surface area contributed by atoms with Gasteiger partial charge >= 0.3 is 5.91 Å². The van der Waals surface area contributed by atoms with Crippen LogP contribution in [-0.2, 0) is 0 Å². The third kappa shape index (κ3) is 3.84. The fraction of sp³-hybridized carbons (Fsp3) is 0.0400. The Morgan fingerprint density at radius 1 is 1.00 bits per heavy atom. The minimum Gasteiger partial charge on any atom is -0.250 e. The van der Waals surface area contributed by atoms with E-state index < -0.39 is 0 Å². The van der Waals surface area contributed by atoms with E-state index in [9.17, 15) is 4.79 Å². The molecule has 156 valence electrons. The number of benzene rings is 2. The first-order valence-electron chi connectivity index (χ1n) is 10.1. The molecule has 0 saturated carbocycles. The normalized spacial score (nSPS) is 10.9. The number of nitrogens with one attached hydrogen (secondary N) is 2. The van der Waals surface area contributed by atoms with E-state index in [1.165, 1.54) is 0 Å². The van der Waals surface area contributed by atoms with Crippen LogP contribution in [0.25, 0.3) is 28.0 Å². The number of H-pyrrole nitrogens is 1. The van der Waals surface area contributed by atoms with Gasteiger partial charge in [0.1, 0.15) is 6.20 Å². The fourth-order valence-corrected chi connectivity index (χ4v) is 3.74.